The Bertz CT molecular complexity index is 829. The number of hydrogen-bond acceptors (Lipinski definition) is 3. The minimum absolute atomic E-state index is 0.0812. The van der Waals surface area contributed by atoms with E-state index in [0.29, 0.717) is 13.0 Å². The van der Waals surface area contributed by atoms with E-state index in [2.05, 4.69) is 46.6 Å². The molecule has 2 aliphatic rings. The topological polar surface area (TPSA) is 41.6 Å². The van der Waals surface area contributed by atoms with Crippen molar-refractivity contribution in [2.45, 2.75) is 25.8 Å². The molecule has 0 bridgehead atoms. The number of nitrogens with one attached hydrogen (secondary N) is 1. The van der Waals surface area contributed by atoms with Crippen molar-refractivity contribution >= 4 is 11.6 Å². The van der Waals surface area contributed by atoms with Gasteiger partial charge in [0.15, 0.2) is 0 Å². The summed E-state index contributed by atoms with van der Waals surface area (Å²) in [7, 11) is 0. The van der Waals surface area contributed by atoms with Crippen LogP contribution >= 0.6 is 0 Å². The molecule has 2 aromatic rings. The number of nitrogens with zero attached hydrogens (tertiary/aromatic N) is 1. The molecule has 0 saturated carbocycles. The lowest BCUT2D eigenvalue weighted by molar-refractivity contribution is -0.116. The largest absolute Gasteiger partial charge is 0.489 e. The van der Waals surface area contributed by atoms with E-state index in [-0.39, 0.29) is 5.91 Å². The van der Waals surface area contributed by atoms with Crippen LogP contribution in [0.25, 0.3) is 0 Å². The number of hydrogen-bond donors (Lipinski definition) is 1. The molecule has 4 rings (SSSR count). The average molecular weight is 348 g/mol. The molecular formula is C22H24N2O2. The highest BCUT2D eigenvalue weighted by Gasteiger charge is 2.15. The molecule has 4 nitrogen and oxygen atoms in total. The second kappa shape index (κ2) is 7.75. The van der Waals surface area contributed by atoms with Gasteiger partial charge < -0.3 is 10.1 Å². The number of fused-ring (bicyclic) bond motifs is 2. The van der Waals surface area contributed by atoms with Gasteiger partial charge >= 0.3 is 0 Å². The summed E-state index contributed by atoms with van der Waals surface area (Å²) in [6.45, 7) is 3.60. The second-order valence-electron chi connectivity index (χ2n) is 6.90. The molecule has 0 aliphatic carbocycles. The van der Waals surface area contributed by atoms with Gasteiger partial charge in [-0.25, -0.2) is 0 Å². The highest BCUT2D eigenvalue weighted by molar-refractivity contribution is 5.94. The van der Waals surface area contributed by atoms with Crippen molar-refractivity contribution in [3.05, 3.63) is 71.3 Å². The molecule has 4 heteroatoms. The molecular weight excluding hydrogens is 324 g/mol. The van der Waals surface area contributed by atoms with E-state index in [0.717, 1.165) is 43.9 Å². The Morgan fingerprint density at radius 2 is 1.88 bits per heavy atom. The molecule has 2 aromatic carbocycles. The predicted octanol–water partition coefficient (Wildman–Crippen LogP) is 3.56. The number of benzene rings is 2. The molecule has 2 aliphatic heterocycles. The van der Waals surface area contributed by atoms with Crippen molar-refractivity contribution in [3.8, 4) is 5.75 Å². The fourth-order valence-electron chi connectivity index (χ4n) is 3.59. The number of anilines is 1. The smallest absolute Gasteiger partial charge is 0.224 e. The zero-order chi connectivity index (χ0) is 17.8. The Kier molecular flexibility index (Phi) is 5.02. The van der Waals surface area contributed by atoms with E-state index in [9.17, 15) is 4.79 Å². The summed E-state index contributed by atoms with van der Waals surface area (Å²) in [6, 6.07) is 14.6. The number of aryl methyl sites for hydroxylation is 1. The Morgan fingerprint density at radius 1 is 1.00 bits per heavy atom. The highest BCUT2D eigenvalue weighted by atomic mass is 16.5. The first-order valence-electron chi connectivity index (χ1n) is 9.28. The van der Waals surface area contributed by atoms with E-state index in [1.54, 1.807) is 0 Å². The van der Waals surface area contributed by atoms with Crippen LogP contribution in [0.15, 0.2) is 54.6 Å². The summed E-state index contributed by atoms with van der Waals surface area (Å²) < 4.78 is 5.80. The van der Waals surface area contributed by atoms with Crippen LogP contribution in [0.5, 0.6) is 5.75 Å². The van der Waals surface area contributed by atoms with E-state index in [1.165, 1.54) is 16.7 Å². The molecule has 0 saturated heterocycles. The molecule has 0 radical (unpaired) electrons. The quantitative estimate of drug-likeness (QED) is 0.840. The molecule has 1 N–H and O–H groups in total. The number of carbonyl (C=O) groups excluding carboxylic acids is 1. The van der Waals surface area contributed by atoms with Crippen LogP contribution in [-0.2, 0) is 24.2 Å². The molecule has 0 atom stereocenters. The van der Waals surface area contributed by atoms with E-state index in [4.69, 9.17) is 4.74 Å². The normalized spacial score (nSPS) is 16.8. The summed E-state index contributed by atoms with van der Waals surface area (Å²) in [4.78, 5) is 13.9. The van der Waals surface area contributed by atoms with Crippen LogP contribution in [0, 0.1) is 0 Å². The molecule has 0 spiro atoms. The lowest BCUT2D eigenvalue weighted by atomic mass is 10.00. The van der Waals surface area contributed by atoms with Gasteiger partial charge in [-0.15, -0.1) is 0 Å². The van der Waals surface area contributed by atoms with E-state index >= 15 is 0 Å². The van der Waals surface area contributed by atoms with E-state index < -0.39 is 0 Å². The lowest BCUT2D eigenvalue weighted by Crippen LogP contribution is -2.30. The van der Waals surface area contributed by atoms with Gasteiger partial charge in [0.05, 0.1) is 0 Å². The predicted molar refractivity (Wildman–Crippen MR) is 103 cm³/mol. The maximum Gasteiger partial charge on any atom is 0.224 e. The van der Waals surface area contributed by atoms with Crippen molar-refractivity contribution in [3.63, 3.8) is 0 Å². The Balaban J connectivity index is 1.25. The van der Waals surface area contributed by atoms with Gasteiger partial charge in [0.25, 0.3) is 0 Å². The maximum absolute atomic E-state index is 11.5. The summed E-state index contributed by atoms with van der Waals surface area (Å²) in [5.74, 6) is 0.875. The number of carbonyl (C=O) groups is 1. The third kappa shape index (κ3) is 3.97. The van der Waals surface area contributed by atoms with Crippen LogP contribution in [0.1, 0.15) is 23.1 Å². The Morgan fingerprint density at radius 3 is 2.81 bits per heavy atom. The standard InChI is InChI=1S/C22H24N2O2/c25-22-10-8-18-7-9-20(15-21(18)23-22)26-14-4-3-12-24-13-11-17-5-1-2-6-19(17)16-24/h1-7,9,15H,8,10-14,16H2,(H,23,25)/b4-3+. The molecule has 26 heavy (non-hydrogen) atoms. The zero-order valence-corrected chi connectivity index (χ0v) is 14.9. The SMILES string of the molecule is O=C1CCc2ccc(OC/C=C/CN3CCc4ccccc4C3)cc2N1. The van der Waals surface area contributed by atoms with Gasteiger partial charge in [0, 0.05) is 37.8 Å². The van der Waals surface area contributed by atoms with Crippen LogP contribution in [0.2, 0.25) is 0 Å². The maximum atomic E-state index is 11.5. The molecule has 0 aromatic heterocycles. The number of rotatable bonds is 5. The van der Waals surface area contributed by atoms with Crippen LogP contribution in [0.4, 0.5) is 5.69 Å². The second-order valence-corrected chi connectivity index (χ2v) is 6.90. The van der Waals surface area contributed by atoms with Gasteiger partial charge in [0.1, 0.15) is 12.4 Å². The minimum Gasteiger partial charge on any atom is -0.489 e. The molecule has 1 amide bonds. The van der Waals surface area contributed by atoms with Gasteiger partial charge in [-0.2, -0.15) is 0 Å². The molecule has 2 heterocycles. The average Bonchev–Trinajstić information content (AvgIpc) is 2.67. The van der Waals surface area contributed by atoms with Gasteiger partial charge in [-0.05, 0) is 35.6 Å². The third-order valence-electron chi connectivity index (χ3n) is 5.06. The van der Waals surface area contributed by atoms with Crippen molar-refractivity contribution in [1.82, 2.24) is 4.90 Å². The van der Waals surface area contributed by atoms with Crippen LogP contribution < -0.4 is 10.1 Å². The summed E-state index contributed by atoms with van der Waals surface area (Å²) in [5.41, 5.74) is 4.99. The fraction of sp³-hybridized carbons (Fsp3) is 0.318. The molecule has 0 fully saturated rings. The van der Waals surface area contributed by atoms with Gasteiger partial charge in [-0.3, -0.25) is 9.69 Å². The van der Waals surface area contributed by atoms with Crippen molar-refractivity contribution in [1.29, 1.82) is 0 Å². The zero-order valence-electron chi connectivity index (χ0n) is 14.9. The van der Waals surface area contributed by atoms with Crippen molar-refractivity contribution in [2.24, 2.45) is 0 Å². The fourth-order valence-corrected chi connectivity index (χ4v) is 3.59. The highest BCUT2D eigenvalue weighted by Crippen LogP contribution is 2.27. The van der Waals surface area contributed by atoms with Crippen LogP contribution in [0.3, 0.4) is 0 Å². The van der Waals surface area contributed by atoms with E-state index in [1.807, 2.05) is 18.2 Å². The first kappa shape index (κ1) is 16.9. The Labute approximate surface area is 154 Å². The monoisotopic (exact) mass is 348 g/mol. The minimum atomic E-state index is 0.0812. The van der Waals surface area contributed by atoms with Gasteiger partial charge in [0.2, 0.25) is 5.91 Å². The summed E-state index contributed by atoms with van der Waals surface area (Å²) in [5, 5.41) is 2.91. The number of amides is 1. The van der Waals surface area contributed by atoms with Crippen molar-refractivity contribution in [2.75, 3.05) is 25.0 Å². The van der Waals surface area contributed by atoms with Crippen LogP contribution in [-0.4, -0.2) is 30.5 Å². The molecule has 134 valence electrons. The summed E-state index contributed by atoms with van der Waals surface area (Å²) in [6.07, 6.45) is 6.74. The first-order chi connectivity index (χ1) is 12.8. The van der Waals surface area contributed by atoms with Crippen molar-refractivity contribution < 1.29 is 9.53 Å². The summed E-state index contributed by atoms with van der Waals surface area (Å²) >= 11 is 0. The van der Waals surface area contributed by atoms with Gasteiger partial charge in [-0.1, -0.05) is 42.5 Å². The first-order valence-corrected chi connectivity index (χ1v) is 9.28. The Hall–Kier alpha value is -2.59. The lowest BCUT2D eigenvalue weighted by Gasteiger charge is -2.27. The third-order valence-corrected chi connectivity index (χ3v) is 5.06. The molecule has 0 unspecified atom stereocenters. The number of ether oxygens (including phenoxy) is 1.